The Balaban J connectivity index is 2.11. The number of carboxylic acids is 1. The van der Waals surface area contributed by atoms with Gasteiger partial charge in [0.2, 0.25) is 21.6 Å². The summed E-state index contributed by atoms with van der Waals surface area (Å²) in [5, 5.41) is 8.87. The van der Waals surface area contributed by atoms with E-state index in [1.807, 2.05) is 0 Å². The maximum atomic E-state index is 14.1. The molecule has 0 saturated carbocycles. The Hall–Kier alpha value is -1.22. The molecule has 126 valence electrons. The van der Waals surface area contributed by atoms with Gasteiger partial charge in [-0.05, 0) is 19.3 Å². The highest BCUT2D eigenvalue weighted by Crippen LogP contribution is 2.30. The van der Waals surface area contributed by atoms with Crippen molar-refractivity contribution in [3.8, 4) is 0 Å². The number of likely N-dealkylation sites (tertiary alicyclic amines) is 1. The Morgan fingerprint density at radius 2 is 2.05 bits per heavy atom. The fraction of sp³-hybridized carbons (Fsp3) is 0.846. The highest BCUT2D eigenvalue weighted by Gasteiger charge is 2.49. The van der Waals surface area contributed by atoms with E-state index >= 15 is 0 Å². The Kier molecular flexibility index (Phi) is 4.76. The number of hydrogen-bond acceptors (Lipinski definition) is 4. The second-order valence-electron chi connectivity index (χ2n) is 5.87. The molecule has 2 aliphatic rings. The number of alkyl halides is 1. The van der Waals surface area contributed by atoms with Crippen LogP contribution in [0.1, 0.15) is 32.6 Å². The Bertz CT molecular complexity index is 567. The molecule has 2 saturated heterocycles. The summed E-state index contributed by atoms with van der Waals surface area (Å²) in [5.74, 6) is -2.10. The lowest BCUT2D eigenvalue weighted by Crippen LogP contribution is -2.49. The van der Waals surface area contributed by atoms with E-state index in [1.54, 1.807) is 6.92 Å². The lowest BCUT2D eigenvalue weighted by atomic mass is 10.1. The molecule has 7 nitrogen and oxygen atoms in total. The number of carbonyl (C=O) groups is 2. The van der Waals surface area contributed by atoms with Gasteiger partial charge in [-0.15, -0.1) is 0 Å². The number of carbonyl (C=O) groups excluding carboxylic acids is 1. The Labute approximate surface area is 129 Å². The van der Waals surface area contributed by atoms with Gasteiger partial charge in [-0.3, -0.25) is 4.79 Å². The topological polar surface area (TPSA) is 95.0 Å². The first kappa shape index (κ1) is 17.1. The first-order chi connectivity index (χ1) is 10.2. The third-order valence-corrected chi connectivity index (χ3v) is 6.30. The second-order valence-corrected chi connectivity index (χ2v) is 7.91. The van der Waals surface area contributed by atoms with Gasteiger partial charge in [0.15, 0.2) is 0 Å². The highest BCUT2D eigenvalue weighted by molar-refractivity contribution is 7.89. The maximum Gasteiger partial charge on any atom is 0.343 e. The van der Waals surface area contributed by atoms with Gasteiger partial charge < -0.3 is 10.0 Å². The minimum atomic E-state index is -3.50. The lowest BCUT2D eigenvalue weighted by molar-refractivity contribution is -0.150. The van der Waals surface area contributed by atoms with Crippen LogP contribution >= 0.6 is 0 Å². The monoisotopic (exact) mass is 336 g/mol. The highest BCUT2D eigenvalue weighted by atomic mass is 32.2. The van der Waals surface area contributed by atoms with Gasteiger partial charge in [-0.2, -0.15) is 4.31 Å². The molecule has 22 heavy (non-hydrogen) atoms. The van der Waals surface area contributed by atoms with Crippen LogP contribution in [-0.4, -0.2) is 71.7 Å². The van der Waals surface area contributed by atoms with Gasteiger partial charge in [-0.1, -0.05) is 6.92 Å². The number of carboxylic acid groups (broad SMARTS) is 1. The van der Waals surface area contributed by atoms with Crippen molar-refractivity contribution in [2.45, 2.75) is 44.3 Å². The number of halogens is 1. The molecular weight excluding hydrogens is 315 g/mol. The van der Waals surface area contributed by atoms with Crippen molar-refractivity contribution in [2.24, 2.45) is 0 Å². The van der Waals surface area contributed by atoms with Crippen molar-refractivity contribution < 1.29 is 27.5 Å². The fourth-order valence-electron chi connectivity index (χ4n) is 3.04. The molecule has 2 unspecified atom stereocenters. The van der Waals surface area contributed by atoms with Crippen LogP contribution in [0, 0.1) is 0 Å². The van der Waals surface area contributed by atoms with Gasteiger partial charge in [0.1, 0.15) is 6.04 Å². The van der Waals surface area contributed by atoms with Crippen LogP contribution in [0.2, 0.25) is 0 Å². The predicted octanol–water partition coefficient (Wildman–Crippen LogP) is 0.216. The molecule has 2 fully saturated rings. The number of amides is 1. The van der Waals surface area contributed by atoms with Crippen LogP contribution in [0.3, 0.4) is 0 Å². The van der Waals surface area contributed by atoms with Gasteiger partial charge in [0.25, 0.3) is 0 Å². The van der Waals surface area contributed by atoms with Crippen LogP contribution < -0.4 is 0 Å². The molecule has 0 radical (unpaired) electrons. The van der Waals surface area contributed by atoms with Crippen LogP contribution in [0.25, 0.3) is 0 Å². The molecule has 0 bridgehead atoms. The van der Waals surface area contributed by atoms with E-state index in [-0.39, 0.29) is 25.3 Å². The molecule has 0 aromatic carbocycles. The first-order valence-corrected chi connectivity index (χ1v) is 9.03. The minimum Gasteiger partial charge on any atom is -0.479 e. The average molecular weight is 336 g/mol. The maximum absolute atomic E-state index is 14.1. The largest absolute Gasteiger partial charge is 0.479 e. The van der Waals surface area contributed by atoms with E-state index in [1.165, 1.54) is 4.31 Å². The summed E-state index contributed by atoms with van der Waals surface area (Å²) >= 11 is 0. The number of hydrogen-bond donors (Lipinski definition) is 1. The van der Waals surface area contributed by atoms with Crippen molar-refractivity contribution in [1.82, 2.24) is 9.21 Å². The number of nitrogens with zero attached hydrogens (tertiary/aromatic N) is 2. The molecule has 1 amide bonds. The van der Waals surface area contributed by atoms with E-state index in [0.29, 0.717) is 19.3 Å². The summed E-state index contributed by atoms with van der Waals surface area (Å²) in [4.78, 5) is 24.5. The SMILES string of the molecule is CCCS(=O)(=O)N1CCCC1C(=O)N1CCC(F)(C(=O)O)C1. The van der Waals surface area contributed by atoms with E-state index in [2.05, 4.69) is 0 Å². The van der Waals surface area contributed by atoms with Gasteiger partial charge >= 0.3 is 5.97 Å². The molecule has 2 aliphatic heterocycles. The van der Waals surface area contributed by atoms with Gasteiger partial charge in [0, 0.05) is 19.5 Å². The molecule has 2 atom stereocenters. The molecule has 0 aromatic heterocycles. The average Bonchev–Trinajstić information content (AvgIpc) is 3.05. The fourth-order valence-corrected chi connectivity index (χ4v) is 4.78. The summed E-state index contributed by atoms with van der Waals surface area (Å²) in [6, 6.07) is -0.826. The standard InChI is InChI=1S/C13H21FN2O5S/c1-2-8-22(20,21)16-6-3-4-10(16)11(17)15-7-5-13(14,9-15)12(18)19/h10H,2-9H2,1H3,(H,18,19). The van der Waals surface area contributed by atoms with Crippen molar-refractivity contribution >= 4 is 21.9 Å². The second kappa shape index (κ2) is 6.11. The summed E-state index contributed by atoms with van der Waals surface area (Å²) in [6.45, 7) is 1.51. The number of rotatable bonds is 5. The summed E-state index contributed by atoms with van der Waals surface area (Å²) in [5.41, 5.74) is -2.43. The molecule has 9 heteroatoms. The smallest absolute Gasteiger partial charge is 0.343 e. The molecule has 2 rings (SSSR count). The normalized spacial score (nSPS) is 29.9. The van der Waals surface area contributed by atoms with Crippen LogP contribution in [0.15, 0.2) is 0 Å². The molecular formula is C13H21FN2O5S. The number of sulfonamides is 1. The van der Waals surface area contributed by atoms with Crippen molar-refractivity contribution in [2.75, 3.05) is 25.4 Å². The van der Waals surface area contributed by atoms with E-state index in [0.717, 1.165) is 4.90 Å². The summed E-state index contributed by atoms with van der Waals surface area (Å²) < 4.78 is 39.6. The molecule has 2 heterocycles. The lowest BCUT2D eigenvalue weighted by Gasteiger charge is -2.27. The quantitative estimate of drug-likeness (QED) is 0.775. The van der Waals surface area contributed by atoms with E-state index in [4.69, 9.17) is 5.11 Å². The van der Waals surface area contributed by atoms with E-state index < -0.39 is 40.2 Å². The summed E-state index contributed by atoms with van der Waals surface area (Å²) in [6.07, 6.45) is 1.16. The summed E-state index contributed by atoms with van der Waals surface area (Å²) in [7, 11) is -3.50. The van der Waals surface area contributed by atoms with Gasteiger partial charge in [-0.25, -0.2) is 17.6 Å². The Morgan fingerprint density at radius 3 is 2.59 bits per heavy atom. The third-order valence-electron chi connectivity index (χ3n) is 4.22. The number of aliphatic carboxylic acids is 1. The molecule has 0 spiro atoms. The van der Waals surface area contributed by atoms with Crippen molar-refractivity contribution in [1.29, 1.82) is 0 Å². The predicted molar refractivity (Wildman–Crippen MR) is 76.5 cm³/mol. The molecule has 1 N–H and O–H groups in total. The van der Waals surface area contributed by atoms with Gasteiger partial charge in [0.05, 0.1) is 12.3 Å². The van der Waals surface area contributed by atoms with Crippen molar-refractivity contribution in [3.63, 3.8) is 0 Å². The van der Waals surface area contributed by atoms with Crippen LogP contribution in [0.4, 0.5) is 4.39 Å². The zero-order valence-electron chi connectivity index (χ0n) is 12.5. The molecule has 0 aliphatic carbocycles. The van der Waals surface area contributed by atoms with Crippen LogP contribution in [0.5, 0.6) is 0 Å². The third kappa shape index (κ3) is 3.10. The van der Waals surface area contributed by atoms with Crippen molar-refractivity contribution in [3.05, 3.63) is 0 Å². The van der Waals surface area contributed by atoms with Crippen LogP contribution in [-0.2, 0) is 19.6 Å². The molecule has 0 aromatic rings. The zero-order valence-corrected chi connectivity index (χ0v) is 13.3. The zero-order chi connectivity index (χ0) is 16.5. The first-order valence-electron chi connectivity index (χ1n) is 7.42. The minimum absolute atomic E-state index is 0.000200. The van der Waals surface area contributed by atoms with E-state index in [9.17, 15) is 22.4 Å². The Morgan fingerprint density at radius 1 is 1.36 bits per heavy atom.